The van der Waals surface area contributed by atoms with Gasteiger partial charge in [-0.05, 0) is 54.2 Å². The highest BCUT2D eigenvalue weighted by Crippen LogP contribution is 2.31. The molecule has 1 aromatic heterocycles. The Kier molecular flexibility index (Phi) is 4.71. The molecule has 0 aliphatic carbocycles. The van der Waals surface area contributed by atoms with Crippen LogP contribution in [0.25, 0.3) is 17.4 Å². The number of carbonyl (C=O) groups excluding carboxylic acids is 1. The van der Waals surface area contributed by atoms with Gasteiger partial charge < -0.3 is 4.42 Å². The van der Waals surface area contributed by atoms with Crippen molar-refractivity contribution in [2.75, 3.05) is 5.75 Å². The molecular weight excluding hydrogens is 419 g/mol. The third kappa shape index (κ3) is 3.54. The average molecular weight is 432 g/mol. The highest BCUT2D eigenvalue weighted by Gasteiger charge is 2.39. The lowest BCUT2D eigenvalue weighted by Gasteiger charge is -2.19. The largest absolute Gasteiger partial charge is 0.457 e. The summed E-state index contributed by atoms with van der Waals surface area (Å²) in [5.74, 6) is -0.767. The van der Waals surface area contributed by atoms with Crippen molar-refractivity contribution in [2.24, 2.45) is 10.1 Å². The highest BCUT2D eigenvalue weighted by atomic mass is 32.3. The van der Waals surface area contributed by atoms with Crippen molar-refractivity contribution in [1.29, 1.82) is 5.41 Å². The van der Waals surface area contributed by atoms with Gasteiger partial charge in [-0.1, -0.05) is 6.92 Å². The van der Waals surface area contributed by atoms with Crippen LogP contribution in [0.1, 0.15) is 12.7 Å². The molecule has 0 saturated carbocycles. The van der Waals surface area contributed by atoms with E-state index in [0.29, 0.717) is 11.3 Å². The van der Waals surface area contributed by atoms with Crippen LogP contribution in [0.5, 0.6) is 0 Å². The maximum atomic E-state index is 13.1. The van der Waals surface area contributed by atoms with Crippen LogP contribution in [-0.2, 0) is 14.6 Å². The number of fused-ring (bicyclic) bond motifs is 1. The van der Waals surface area contributed by atoms with Gasteiger partial charge in [0.1, 0.15) is 17.3 Å². The summed E-state index contributed by atoms with van der Waals surface area (Å²) < 4.78 is 42.6. The van der Waals surface area contributed by atoms with E-state index in [1.807, 2.05) is 0 Å². The van der Waals surface area contributed by atoms with Crippen molar-refractivity contribution in [3.8, 4) is 11.3 Å². The van der Waals surface area contributed by atoms with Crippen molar-refractivity contribution in [1.82, 2.24) is 5.01 Å². The van der Waals surface area contributed by atoms with E-state index in [1.54, 1.807) is 24.3 Å². The Labute approximate surface area is 169 Å². The van der Waals surface area contributed by atoms with Crippen molar-refractivity contribution in [3.05, 3.63) is 53.5 Å². The molecule has 148 valence electrons. The molecule has 3 heterocycles. The van der Waals surface area contributed by atoms with Gasteiger partial charge in [-0.3, -0.25) is 10.2 Å². The minimum Gasteiger partial charge on any atom is -0.457 e. The predicted octanol–water partition coefficient (Wildman–Crippen LogP) is 3.10. The molecule has 1 amide bonds. The molecule has 2 aromatic rings. The van der Waals surface area contributed by atoms with Crippen LogP contribution >= 0.6 is 11.8 Å². The molecular formula is C18H13FN4O4S2. The van der Waals surface area contributed by atoms with Gasteiger partial charge in [0, 0.05) is 5.56 Å². The number of sulfone groups is 1. The van der Waals surface area contributed by atoms with Crippen LogP contribution in [0.4, 0.5) is 4.39 Å². The average Bonchev–Trinajstić information content (AvgIpc) is 3.33. The molecule has 0 unspecified atom stereocenters. The number of amides is 1. The quantitative estimate of drug-likeness (QED) is 0.745. The lowest BCUT2D eigenvalue weighted by molar-refractivity contribution is -0.114. The molecule has 8 nitrogen and oxygen atoms in total. The minimum atomic E-state index is -3.59. The van der Waals surface area contributed by atoms with Crippen LogP contribution in [-0.4, -0.2) is 40.5 Å². The second-order valence-electron chi connectivity index (χ2n) is 6.00. The Morgan fingerprint density at radius 2 is 1.97 bits per heavy atom. The lowest BCUT2D eigenvalue weighted by atomic mass is 10.1. The summed E-state index contributed by atoms with van der Waals surface area (Å²) in [5, 5.41) is 13.2. The molecule has 0 atom stereocenters. The summed E-state index contributed by atoms with van der Waals surface area (Å²) in [6.45, 7) is 1.48. The van der Waals surface area contributed by atoms with Crippen LogP contribution in [0.2, 0.25) is 0 Å². The van der Waals surface area contributed by atoms with Gasteiger partial charge in [-0.25, -0.2) is 12.8 Å². The number of furan rings is 1. The molecule has 0 fully saturated rings. The summed E-state index contributed by atoms with van der Waals surface area (Å²) in [6, 6.07) is 8.97. The monoisotopic (exact) mass is 432 g/mol. The summed E-state index contributed by atoms with van der Waals surface area (Å²) in [6.07, 6.45) is 1.34. The summed E-state index contributed by atoms with van der Waals surface area (Å²) in [4.78, 5) is 16.2. The Bertz CT molecular complexity index is 1230. The van der Waals surface area contributed by atoms with Gasteiger partial charge in [0.15, 0.2) is 5.84 Å². The number of aliphatic imine (C=N–C) groups is 1. The highest BCUT2D eigenvalue weighted by molar-refractivity contribution is 8.42. The van der Waals surface area contributed by atoms with Crippen molar-refractivity contribution in [2.45, 2.75) is 6.92 Å². The van der Waals surface area contributed by atoms with E-state index in [-0.39, 0.29) is 38.3 Å². The van der Waals surface area contributed by atoms with Crippen LogP contribution < -0.4 is 0 Å². The van der Waals surface area contributed by atoms with E-state index in [0.717, 1.165) is 16.8 Å². The Balaban J connectivity index is 1.65. The number of carbonyl (C=O) groups is 1. The molecule has 2 aliphatic heterocycles. The fourth-order valence-electron chi connectivity index (χ4n) is 2.57. The maximum Gasteiger partial charge on any atom is 0.283 e. The first kappa shape index (κ1) is 19.3. The molecule has 4 rings (SSSR count). The zero-order valence-electron chi connectivity index (χ0n) is 14.9. The summed E-state index contributed by atoms with van der Waals surface area (Å²) in [5.41, 5.74) is 0.560. The second-order valence-corrected chi connectivity index (χ2v) is 9.41. The SMILES string of the molecule is CCS(=O)(=O)C1=NN2C(=N)/C(=C/c3ccc(-c4ccc(F)cc4)o3)C(=O)N=C2S1. The molecule has 11 heteroatoms. The number of rotatable bonds is 3. The third-order valence-electron chi connectivity index (χ3n) is 4.12. The summed E-state index contributed by atoms with van der Waals surface area (Å²) in [7, 11) is -3.59. The first-order valence-electron chi connectivity index (χ1n) is 8.37. The number of hydrogen-bond donors (Lipinski definition) is 1. The Morgan fingerprint density at radius 1 is 1.24 bits per heavy atom. The zero-order chi connectivity index (χ0) is 20.8. The van der Waals surface area contributed by atoms with E-state index < -0.39 is 15.7 Å². The number of benzene rings is 1. The Hall–Kier alpha value is -3.05. The Morgan fingerprint density at radius 3 is 2.66 bits per heavy atom. The van der Waals surface area contributed by atoms with E-state index in [4.69, 9.17) is 9.83 Å². The van der Waals surface area contributed by atoms with Crippen molar-refractivity contribution in [3.63, 3.8) is 0 Å². The smallest absolute Gasteiger partial charge is 0.283 e. The maximum absolute atomic E-state index is 13.1. The molecule has 0 radical (unpaired) electrons. The number of hydrogen-bond acceptors (Lipinski definition) is 7. The van der Waals surface area contributed by atoms with Gasteiger partial charge in [-0.2, -0.15) is 10.0 Å². The van der Waals surface area contributed by atoms with E-state index in [1.165, 1.54) is 25.1 Å². The zero-order valence-corrected chi connectivity index (χ0v) is 16.6. The van der Waals surface area contributed by atoms with Crippen molar-refractivity contribution < 1.29 is 22.0 Å². The topological polar surface area (TPSA) is 116 Å². The van der Waals surface area contributed by atoms with E-state index in [2.05, 4.69) is 10.1 Å². The van der Waals surface area contributed by atoms with Gasteiger partial charge in [0.05, 0.1) is 11.3 Å². The molecule has 29 heavy (non-hydrogen) atoms. The first-order chi connectivity index (χ1) is 13.8. The fourth-order valence-corrected chi connectivity index (χ4v) is 4.73. The molecule has 1 N–H and O–H groups in total. The molecule has 0 spiro atoms. The number of amidine groups is 2. The molecule has 1 aromatic carbocycles. The first-order valence-corrected chi connectivity index (χ1v) is 10.8. The van der Waals surface area contributed by atoms with Gasteiger partial charge >= 0.3 is 0 Å². The van der Waals surface area contributed by atoms with Crippen LogP contribution in [0.15, 0.2) is 56.5 Å². The number of thioether (sulfide) groups is 1. The molecule has 2 aliphatic rings. The standard InChI is InChI=1S/C18H13FN4O4S2/c1-2-29(25,26)18-22-23-15(20)13(16(24)21-17(23)28-18)9-12-7-8-14(27-12)10-3-5-11(19)6-4-10/h3-9,20H,2H2,1H3/b13-9-,20-15?. The lowest BCUT2D eigenvalue weighted by Crippen LogP contribution is -2.35. The van der Waals surface area contributed by atoms with Gasteiger partial charge in [0.25, 0.3) is 5.91 Å². The predicted molar refractivity (Wildman–Crippen MR) is 109 cm³/mol. The molecule has 0 bridgehead atoms. The summed E-state index contributed by atoms with van der Waals surface area (Å²) >= 11 is 0.739. The van der Waals surface area contributed by atoms with Crippen molar-refractivity contribution >= 4 is 49.0 Å². The second kappa shape index (κ2) is 7.08. The number of nitrogens with zero attached hydrogens (tertiary/aromatic N) is 3. The van der Waals surface area contributed by atoms with E-state index in [9.17, 15) is 17.6 Å². The minimum absolute atomic E-state index is 0.0237. The number of hydrazone groups is 1. The third-order valence-corrected chi connectivity index (χ3v) is 7.21. The van der Waals surface area contributed by atoms with Gasteiger partial charge in [-0.15, -0.1) is 5.10 Å². The fraction of sp³-hybridized carbons (Fsp3) is 0.111. The normalized spacial score (nSPS) is 18.1. The molecule has 0 saturated heterocycles. The van der Waals surface area contributed by atoms with Gasteiger partial charge in [0.2, 0.25) is 19.4 Å². The van der Waals surface area contributed by atoms with Crippen LogP contribution in [0.3, 0.4) is 0 Å². The number of halogens is 1. The van der Waals surface area contributed by atoms with E-state index >= 15 is 0 Å². The number of nitrogens with one attached hydrogen (secondary N) is 1. The van der Waals surface area contributed by atoms with Crippen LogP contribution in [0, 0.1) is 11.2 Å².